The van der Waals surface area contributed by atoms with Gasteiger partial charge in [-0.3, -0.25) is 4.79 Å². The normalized spacial score (nSPS) is 29.2. The summed E-state index contributed by atoms with van der Waals surface area (Å²) in [5.41, 5.74) is 1.49. The van der Waals surface area contributed by atoms with E-state index in [1.54, 1.807) is 0 Å². The average molecular weight is 428 g/mol. The molecule has 4 aliphatic carbocycles. The Kier molecular flexibility index (Phi) is 5.48. The number of nitrogens with zero attached hydrogens (tertiary/aromatic N) is 2. The first-order valence-electron chi connectivity index (χ1n) is 11.0. The highest BCUT2D eigenvalue weighted by Gasteiger charge is 2.50. The summed E-state index contributed by atoms with van der Waals surface area (Å²) in [6, 6.07) is 7.82. The Balaban J connectivity index is 1.06. The Morgan fingerprint density at radius 2 is 1.93 bits per heavy atom. The number of ether oxygens (including phenoxy) is 1. The van der Waals surface area contributed by atoms with Gasteiger partial charge in [0.25, 0.3) is 11.1 Å². The van der Waals surface area contributed by atoms with Gasteiger partial charge in [-0.15, -0.1) is 10.2 Å². The maximum Gasteiger partial charge on any atom is 0.277 e. The molecule has 30 heavy (non-hydrogen) atoms. The molecule has 1 heterocycles. The first-order chi connectivity index (χ1) is 14.6. The van der Waals surface area contributed by atoms with Gasteiger partial charge in [-0.05, 0) is 86.3 Å². The molecule has 1 aromatic carbocycles. The average Bonchev–Trinajstić information content (AvgIpc) is 3.16. The van der Waals surface area contributed by atoms with Crippen LogP contribution < -0.4 is 10.1 Å². The maximum absolute atomic E-state index is 12.4. The van der Waals surface area contributed by atoms with E-state index < -0.39 is 0 Å². The van der Waals surface area contributed by atoms with Gasteiger partial charge in [0.2, 0.25) is 5.91 Å². The van der Waals surface area contributed by atoms with Crippen LogP contribution in [0.2, 0.25) is 0 Å². The van der Waals surface area contributed by atoms with Crippen LogP contribution in [0, 0.1) is 30.1 Å². The van der Waals surface area contributed by atoms with E-state index in [9.17, 15) is 4.79 Å². The molecule has 7 heteroatoms. The molecular weight excluding hydrogens is 398 g/mol. The summed E-state index contributed by atoms with van der Waals surface area (Å²) >= 11 is 1.28. The van der Waals surface area contributed by atoms with Crippen molar-refractivity contribution in [1.29, 1.82) is 0 Å². The van der Waals surface area contributed by atoms with Crippen LogP contribution in [0.1, 0.15) is 50.0 Å². The molecule has 4 bridgehead atoms. The van der Waals surface area contributed by atoms with Crippen molar-refractivity contribution < 1.29 is 13.9 Å². The summed E-state index contributed by atoms with van der Waals surface area (Å²) in [5.74, 6) is 4.24. The molecule has 6 rings (SSSR count). The van der Waals surface area contributed by atoms with E-state index >= 15 is 0 Å². The van der Waals surface area contributed by atoms with E-state index in [0.717, 1.165) is 35.6 Å². The van der Waals surface area contributed by atoms with Crippen LogP contribution in [0.5, 0.6) is 5.75 Å². The first kappa shape index (κ1) is 19.9. The van der Waals surface area contributed by atoms with E-state index in [4.69, 9.17) is 9.15 Å². The van der Waals surface area contributed by atoms with Crippen LogP contribution in [0.3, 0.4) is 0 Å². The molecule has 1 amide bonds. The number of hydrogen-bond donors (Lipinski definition) is 1. The van der Waals surface area contributed by atoms with Crippen molar-refractivity contribution in [3.05, 3.63) is 35.7 Å². The Hall–Kier alpha value is -2.02. The first-order valence-corrected chi connectivity index (χ1v) is 12.0. The summed E-state index contributed by atoms with van der Waals surface area (Å²) in [6.07, 6.45) is 8.20. The van der Waals surface area contributed by atoms with Crippen molar-refractivity contribution in [1.82, 2.24) is 15.5 Å². The summed E-state index contributed by atoms with van der Waals surface area (Å²) in [4.78, 5) is 12.4. The molecular formula is C23H29N3O3S. The summed E-state index contributed by atoms with van der Waals surface area (Å²) in [6.45, 7) is 3.06. The fraction of sp³-hybridized carbons (Fsp3) is 0.609. The zero-order valence-electron chi connectivity index (χ0n) is 17.4. The van der Waals surface area contributed by atoms with Crippen molar-refractivity contribution in [3.63, 3.8) is 0 Å². The zero-order valence-corrected chi connectivity index (χ0v) is 18.2. The molecule has 0 atom stereocenters. The predicted molar refractivity (Wildman–Crippen MR) is 114 cm³/mol. The topological polar surface area (TPSA) is 77.2 Å². The van der Waals surface area contributed by atoms with E-state index in [1.165, 1.54) is 50.3 Å². The molecule has 0 unspecified atom stereocenters. The minimum atomic E-state index is 0.0477. The quantitative estimate of drug-likeness (QED) is 0.630. The minimum absolute atomic E-state index is 0.0477. The number of rotatable bonds is 8. The van der Waals surface area contributed by atoms with Gasteiger partial charge in [0.1, 0.15) is 5.75 Å². The van der Waals surface area contributed by atoms with Crippen LogP contribution in [0.25, 0.3) is 0 Å². The highest BCUT2D eigenvalue weighted by molar-refractivity contribution is 7.99. The summed E-state index contributed by atoms with van der Waals surface area (Å²) in [7, 11) is 0. The number of amides is 1. The molecule has 4 saturated carbocycles. The predicted octanol–water partition coefficient (Wildman–Crippen LogP) is 4.38. The van der Waals surface area contributed by atoms with Gasteiger partial charge < -0.3 is 14.5 Å². The number of aryl methyl sites for hydroxylation is 1. The third-order valence-electron chi connectivity index (χ3n) is 6.95. The molecule has 0 saturated heterocycles. The number of carbonyl (C=O) groups is 1. The van der Waals surface area contributed by atoms with Gasteiger partial charge in [-0.25, -0.2) is 0 Å². The van der Waals surface area contributed by atoms with Gasteiger partial charge in [0.15, 0.2) is 6.61 Å². The van der Waals surface area contributed by atoms with Crippen molar-refractivity contribution >= 4 is 17.7 Å². The standard InChI is InChI=1S/C23H29N3O3S/c1-15-3-2-4-19(5-15)28-12-21-25-26-22(29-21)30-13-20(27)24-14-23-9-16-6-17(10-23)8-18(7-16)11-23/h2-5,16-18H,6-14H2,1H3,(H,24,27). The number of hydrogen-bond acceptors (Lipinski definition) is 6. The molecule has 160 valence electrons. The lowest BCUT2D eigenvalue weighted by molar-refractivity contribution is -0.120. The fourth-order valence-electron chi connectivity index (χ4n) is 6.18. The molecule has 2 aromatic rings. The molecule has 4 aliphatic rings. The highest BCUT2D eigenvalue weighted by atomic mass is 32.2. The Morgan fingerprint density at radius 3 is 2.63 bits per heavy atom. The lowest BCUT2D eigenvalue weighted by Gasteiger charge is -2.56. The minimum Gasteiger partial charge on any atom is -0.484 e. The van der Waals surface area contributed by atoms with Crippen LogP contribution in [0.4, 0.5) is 0 Å². The largest absolute Gasteiger partial charge is 0.484 e. The second-order valence-electron chi connectivity index (χ2n) is 9.55. The lowest BCUT2D eigenvalue weighted by atomic mass is 9.49. The molecule has 1 N–H and O–H groups in total. The third kappa shape index (κ3) is 4.51. The van der Waals surface area contributed by atoms with E-state index in [-0.39, 0.29) is 12.5 Å². The molecule has 0 aliphatic heterocycles. The van der Waals surface area contributed by atoms with Gasteiger partial charge in [-0.1, -0.05) is 23.9 Å². The van der Waals surface area contributed by atoms with Gasteiger partial charge in [-0.2, -0.15) is 0 Å². The van der Waals surface area contributed by atoms with Crippen molar-refractivity contribution in [2.45, 2.75) is 57.3 Å². The SMILES string of the molecule is Cc1cccc(OCc2nnc(SCC(=O)NCC34CC5CC(CC(C5)C3)C4)o2)c1. The van der Waals surface area contributed by atoms with Crippen molar-refractivity contribution in [2.24, 2.45) is 23.2 Å². The number of carbonyl (C=O) groups excluding carboxylic acids is 1. The number of benzene rings is 1. The highest BCUT2D eigenvalue weighted by Crippen LogP contribution is 2.59. The fourth-order valence-corrected chi connectivity index (χ4v) is 6.79. The second kappa shape index (κ2) is 8.25. The van der Waals surface area contributed by atoms with Crippen LogP contribution >= 0.6 is 11.8 Å². The van der Waals surface area contributed by atoms with Crippen LogP contribution in [-0.2, 0) is 11.4 Å². The third-order valence-corrected chi connectivity index (χ3v) is 7.77. The van der Waals surface area contributed by atoms with Gasteiger partial charge >= 0.3 is 0 Å². The van der Waals surface area contributed by atoms with Crippen LogP contribution in [-0.4, -0.2) is 28.4 Å². The smallest absolute Gasteiger partial charge is 0.277 e. The monoisotopic (exact) mass is 427 g/mol. The lowest BCUT2D eigenvalue weighted by Crippen LogP contribution is -2.51. The molecule has 6 nitrogen and oxygen atoms in total. The Morgan fingerprint density at radius 1 is 1.20 bits per heavy atom. The molecule has 4 fully saturated rings. The summed E-state index contributed by atoms with van der Waals surface area (Å²) < 4.78 is 11.3. The van der Waals surface area contributed by atoms with E-state index in [1.807, 2.05) is 31.2 Å². The second-order valence-corrected chi connectivity index (χ2v) is 10.5. The van der Waals surface area contributed by atoms with E-state index in [2.05, 4.69) is 15.5 Å². The van der Waals surface area contributed by atoms with Crippen molar-refractivity contribution in [3.8, 4) is 5.75 Å². The van der Waals surface area contributed by atoms with Crippen LogP contribution in [0.15, 0.2) is 33.9 Å². The summed E-state index contributed by atoms with van der Waals surface area (Å²) in [5, 5.41) is 11.6. The maximum atomic E-state index is 12.4. The van der Waals surface area contributed by atoms with Gasteiger partial charge in [0, 0.05) is 6.54 Å². The molecule has 1 aromatic heterocycles. The number of thioether (sulfide) groups is 1. The molecule has 0 spiro atoms. The number of nitrogens with one attached hydrogen (secondary N) is 1. The Labute approximate surface area is 181 Å². The van der Waals surface area contributed by atoms with E-state index in [0.29, 0.717) is 22.3 Å². The van der Waals surface area contributed by atoms with Gasteiger partial charge in [0.05, 0.1) is 5.75 Å². The number of aromatic nitrogens is 2. The molecule has 0 radical (unpaired) electrons. The Bertz CT molecular complexity index is 877. The van der Waals surface area contributed by atoms with Crippen molar-refractivity contribution in [2.75, 3.05) is 12.3 Å². The zero-order chi connectivity index (χ0) is 20.6.